The fourth-order valence-electron chi connectivity index (χ4n) is 3.74. The summed E-state index contributed by atoms with van der Waals surface area (Å²) in [7, 11) is 0. The second kappa shape index (κ2) is 8.38. The first kappa shape index (κ1) is 21.7. The van der Waals surface area contributed by atoms with E-state index in [2.05, 4.69) is 0 Å². The number of ether oxygens (including phenoxy) is 2. The van der Waals surface area contributed by atoms with Crippen molar-refractivity contribution in [3.63, 3.8) is 0 Å². The Labute approximate surface area is 178 Å². The number of hydrogen-bond acceptors (Lipinski definition) is 4. The van der Waals surface area contributed by atoms with Gasteiger partial charge in [0, 0.05) is 0 Å². The van der Waals surface area contributed by atoms with E-state index in [-0.39, 0.29) is 6.04 Å². The molecule has 0 aliphatic carbocycles. The first-order chi connectivity index (χ1) is 14.1. The average Bonchev–Trinajstić information content (AvgIpc) is 3.05. The summed E-state index contributed by atoms with van der Waals surface area (Å²) in [5, 5.41) is 0. The average molecular weight is 411 g/mol. The lowest BCUT2D eigenvalue weighted by molar-refractivity contribution is -0.128. The van der Waals surface area contributed by atoms with Crippen LogP contribution in [-0.4, -0.2) is 28.0 Å². The van der Waals surface area contributed by atoms with Crippen LogP contribution in [0.2, 0.25) is 0 Å². The summed E-state index contributed by atoms with van der Waals surface area (Å²) < 4.78 is 11.4. The molecule has 2 aromatic carbocycles. The highest BCUT2D eigenvalue weighted by Crippen LogP contribution is 2.43. The zero-order chi connectivity index (χ0) is 21.9. The molecule has 2 N–H and O–H groups in total. The van der Waals surface area contributed by atoms with Crippen molar-refractivity contribution in [2.75, 3.05) is 0 Å². The fourth-order valence-corrected chi connectivity index (χ4v) is 3.74. The lowest BCUT2D eigenvalue weighted by Crippen LogP contribution is -2.55. The van der Waals surface area contributed by atoms with E-state index in [1.165, 1.54) is 4.90 Å². The van der Waals surface area contributed by atoms with Gasteiger partial charge in [0.1, 0.15) is 23.5 Å². The first-order valence-electron chi connectivity index (χ1n) is 10.2. The molecule has 0 saturated carbocycles. The maximum absolute atomic E-state index is 13.0. The van der Waals surface area contributed by atoms with Gasteiger partial charge in [-0.05, 0) is 63.8 Å². The van der Waals surface area contributed by atoms with Gasteiger partial charge >= 0.3 is 6.09 Å². The Kier molecular flexibility index (Phi) is 6.06. The number of carbonyl (C=O) groups excluding carboxylic acids is 2. The quantitative estimate of drug-likeness (QED) is 0.782. The summed E-state index contributed by atoms with van der Waals surface area (Å²) in [6.45, 7) is 7.59. The zero-order valence-corrected chi connectivity index (χ0v) is 18.1. The number of amides is 2. The van der Waals surface area contributed by atoms with Gasteiger partial charge in [-0.25, -0.2) is 4.79 Å². The second-order valence-electron chi connectivity index (χ2n) is 8.89. The maximum Gasteiger partial charge on any atom is 0.411 e. The van der Waals surface area contributed by atoms with E-state index >= 15 is 0 Å². The molecule has 1 aliphatic heterocycles. The number of nitrogens with zero attached hydrogens (tertiary/aromatic N) is 1. The van der Waals surface area contributed by atoms with Crippen LogP contribution >= 0.6 is 0 Å². The summed E-state index contributed by atoms with van der Waals surface area (Å²) in [4.78, 5) is 26.7. The van der Waals surface area contributed by atoms with Crippen LogP contribution in [0.15, 0.2) is 54.6 Å². The minimum atomic E-state index is -1.09. The normalized spacial score (nSPS) is 21.3. The number of hydrogen-bond donors (Lipinski definition) is 1. The van der Waals surface area contributed by atoms with E-state index in [0.717, 1.165) is 16.9 Å². The molecule has 0 bridgehead atoms. The molecule has 0 unspecified atom stereocenters. The van der Waals surface area contributed by atoms with Crippen molar-refractivity contribution in [2.24, 2.45) is 5.73 Å². The van der Waals surface area contributed by atoms with Crippen molar-refractivity contribution in [1.82, 2.24) is 4.90 Å². The van der Waals surface area contributed by atoms with Crippen LogP contribution < -0.4 is 10.5 Å². The molecule has 3 rings (SSSR count). The van der Waals surface area contributed by atoms with Crippen LogP contribution in [0, 0.1) is 0 Å². The molecule has 0 radical (unpaired) electrons. The van der Waals surface area contributed by atoms with Gasteiger partial charge in [-0.2, -0.15) is 0 Å². The van der Waals surface area contributed by atoms with Gasteiger partial charge in [-0.3, -0.25) is 9.69 Å². The highest BCUT2D eigenvalue weighted by molar-refractivity contribution is 5.89. The van der Waals surface area contributed by atoms with Crippen LogP contribution in [0.4, 0.5) is 4.79 Å². The largest absolute Gasteiger partial charge is 0.489 e. The molecule has 1 saturated heterocycles. The minimum absolute atomic E-state index is 0.291. The van der Waals surface area contributed by atoms with Gasteiger partial charge in [0.15, 0.2) is 0 Å². The lowest BCUT2D eigenvalue weighted by atomic mass is 9.98. The Bertz CT molecular complexity index is 890. The predicted octanol–water partition coefficient (Wildman–Crippen LogP) is 4.58. The summed E-state index contributed by atoms with van der Waals surface area (Å²) >= 11 is 0. The highest BCUT2D eigenvalue weighted by Gasteiger charge is 2.51. The Balaban J connectivity index is 1.78. The van der Waals surface area contributed by atoms with E-state index in [9.17, 15) is 9.59 Å². The third kappa shape index (κ3) is 4.75. The molecule has 2 atom stereocenters. The Morgan fingerprint density at radius 1 is 1.10 bits per heavy atom. The molecular weight excluding hydrogens is 380 g/mol. The molecule has 1 aliphatic rings. The van der Waals surface area contributed by atoms with Crippen LogP contribution in [0.5, 0.6) is 5.75 Å². The van der Waals surface area contributed by atoms with Gasteiger partial charge in [-0.1, -0.05) is 42.5 Å². The molecule has 0 aromatic heterocycles. The summed E-state index contributed by atoms with van der Waals surface area (Å²) in [5.74, 6) is 0.209. The van der Waals surface area contributed by atoms with Crippen molar-refractivity contribution in [2.45, 2.75) is 64.3 Å². The number of benzene rings is 2. The Morgan fingerprint density at radius 3 is 2.30 bits per heavy atom. The molecule has 1 heterocycles. The van der Waals surface area contributed by atoms with E-state index < -0.39 is 23.1 Å². The van der Waals surface area contributed by atoms with Crippen molar-refractivity contribution >= 4 is 12.0 Å². The number of rotatable bonds is 5. The van der Waals surface area contributed by atoms with Crippen molar-refractivity contribution in [3.05, 3.63) is 65.7 Å². The molecule has 6 nitrogen and oxygen atoms in total. The van der Waals surface area contributed by atoms with E-state index in [0.29, 0.717) is 19.4 Å². The van der Waals surface area contributed by atoms with Gasteiger partial charge < -0.3 is 15.2 Å². The molecule has 2 aromatic rings. The molecular formula is C24H30N2O4. The van der Waals surface area contributed by atoms with Gasteiger partial charge in [0.05, 0.1) is 6.04 Å². The third-order valence-electron chi connectivity index (χ3n) is 5.38. The molecule has 30 heavy (non-hydrogen) atoms. The molecule has 2 amide bonds. The number of nitrogens with two attached hydrogens (primary N) is 1. The van der Waals surface area contributed by atoms with Crippen molar-refractivity contribution < 1.29 is 19.1 Å². The van der Waals surface area contributed by atoms with E-state index in [4.69, 9.17) is 15.2 Å². The smallest absolute Gasteiger partial charge is 0.411 e. The van der Waals surface area contributed by atoms with Gasteiger partial charge in [-0.15, -0.1) is 0 Å². The zero-order valence-electron chi connectivity index (χ0n) is 18.1. The molecule has 6 heteroatoms. The van der Waals surface area contributed by atoms with Crippen LogP contribution in [0.25, 0.3) is 0 Å². The van der Waals surface area contributed by atoms with Crippen LogP contribution in [0.3, 0.4) is 0 Å². The van der Waals surface area contributed by atoms with Crippen molar-refractivity contribution in [3.8, 4) is 5.75 Å². The number of primary amides is 1. The van der Waals surface area contributed by atoms with Crippen LogP contribution in [0.1, 0.15) is 57.7 Å². The molecule has 160 valence electrons. The van der Waals surface area contributed by atoms with Gasteiger partial charge in [0.25, 0.3) is 0 Å². The van der Waals surface area contributed by atoms with E-state index in [1.54, 1.807) is 27.7 Å². The minimum Gasteiger partial charge on any atom is -0.489 e. The number of carbonyl (C=O) groups is 2. The monoisotopic (exact) mass is 410 g/mol. The predicted molar refractivity (Wildman–Crippen MR) is 115 cm³/mol. The SMILES string of the molecule is CC(C)(C)OC(=O)N1[C@@H](c2ccc(OCc3ccccc3)cc2)CC[C@@]1(C)C(N)=O. The summed E-state index contributed by atoms with van der Waals surface area (Å²) in [6, 6.07) is 17.3. The van der Waals surface area contributed by atoms with Gasteiger partial charge in [0.2, 0.25) is 5.91 Å². The summed E-state index contributed by atoms with van der Waals surface area (Å²) in [6.07, 6.45) is 0.581. The standard InChI is InChI=1S/C24H30N2O4/c1-23(2,3)30-22(28)26-20(14-15-24(26,4)21(25)27)18-10-12-19(13-11-18)29-16-17-8-6-5-7-9-17/h5-13,20H,14-16H2,1-4H3,(H2,25,27)/t20-,24+/m1/s1. The summed E-state index contributed by atoms with van der Waals surface area (Å²) in [5.41, 5.74) is 5.92. The van der Waals surface area contributed by atoms with Crippen LogP contribution in [-0.2, 0) is 16.1 Å². The lowest BCUT2D eigenvalue weighted by Gasteiger charge is -2.37. The molecule has 1 fully saturated rings. The second-order valence-corrected chi connectivity index (χ2v) is 8.89. The van der Waals surface area contributed by atoms with Crippen molar-refractivity contribution in [1.29, 1.82) is 0 Å². The Morgan fingerprint density at radius 2 is 1.73 bits per heavy atom. The van der Waals surface area contributed by atoms with E-state index in [1.807, 2.05) is 54.6 Å². The molecule has 0 spiro atoms. The third-order valence-corrected chi connectivity index (χ3v) is 5.38. The topological polar surface area (TPSA) is 81.9 Å². The Hall–Kier alpha value is -3.02. The number of likely N-dealkylation sites (tertiary alicyclic amines) is 1. The highest BCUT2D eigenvalue weighted by atomic mass is 16.6. The first-order valence-corrected chi connectivity index (χ1v) is 10.2. The maximum atomic E-state index is 13.0. The fraction of sp³-hybridized carbons (Fsp3) is 0.417.